The zero-order valence-corrected chi connectivity index (χ0v) is 8.12. The number of nitrogens with two attached hydrogens (primary N) is 1. The highest BCUT2D eigenvalue weighted by molar-refractivity contribution is 9.10. The molecule has 0 amide bonds. The van der Waals surface area contributed by atoms with E-state index in [1.165, 1.54) is 0 Å². The van der Waals surface area contributed by atoms with Gasteiger partial charge in [-0.2, -0.15) is 4.98 Å². The normalized spacial score (nSPS) is 10.2. The van der Waals surface area contributed by atoms with E-state index in [1.807, 2.05) is 6.07 Å². The van der Waals surface area contributed by atoms with Crippen LogP contribution in [0.15, 0.2) is 22.9 Å². The topological polar surface area (TPSA) is 80.5 Å². The van der Waals surface area contributed by atoms with Gasteiger partial charge in [0, 0.05) is 22.4 Å². The summed E-state index contributed by atoms with van der Waals surface area (Å²) in [6, 6.07) is 1.82. The van der Waals surface area contributed by atoms with Crippen LogP contribution < -0.4 is 5.73 Å². The number of rotatable bonds is 1. The van der Waals surface area contributed by atoms with Crippen molar-refractivity contribution in [2.75, 3.05) is 5.73 Å². The summed E-state index contributed by atoms with van der Waals surface area (Å²) in [4.78, 5) is 7.93. The molecule has 0 atom stereocenters. The van der Waals surface area contributed by atoms with Crippen LogP contribution in [0.25, 0.3) is 11.4 Å². The fourth-order valence-electron chi connectivity index (χ4n) is 0.962. The van der Waals surface area contributed by atoms with Crippen LogP contribution in [0.4, 0.5) is 5.95 Å². The van der Waals surface area contributed by atoms with Crippen LogP contribution in [0.5, 0.6) is 0 Å². The summed E-state index contributed by atoms with van der Waals surface area (Å²) in [5.41, 5.74) is 6.27. The molecule has 66 valence electrons. The van der Waals surface area contributed by atoms with Crippen molar-refractivity contribution >= 4 is 21.9 Å². The quantitative estimate of drug-likeness (QED) is 0.784. The maximum atomic E-state index is 5.38. The van der Waals surface area contributed by atoms with Crippen molar-refractivity contribution in [2.24, 2.45) is 0 Å². The molecule has 0 fully saturated rings. The molecule has 3 N–H and O–H groups in total. The average molecular weight is 240 g/mol. The zero-order valence-electron chi connectivity index (χ0n) is 6.53. The second kappa shape index (κ2) is 3.14. The van der Waals surface area contributed by atoms with Crippen LogP contribution in [0.1, 0.15) is 0 Å². The van der Waals surface area contributed by atoms with Gasteiger partial charge in [-0.15, -0.1) is 5.10 Å². The lowest BCUT2D eigenvalue weighted by Gasteiger charge is -1.96. The lowest BCUT2D eigenvalue weighted by atomic mass is 10.2. The number of hydrogen-bond acceptors (Lipinski definition) is 4. The van der Waals surface area contributed by atoms with Gasteiger partial charge >= 0.3 is 0 Å². The van der Waals surface area contributed by atoms with Gasteiger partial charge in [0.15, 0.2) is 5.82 Å². The van der Waals surface area contributed by atoms with Crippen molar-refractivity contribution in [3.8, 4) is 11.4 Å². The highest BCUT2D eigenvalue weighted by Gasteiger charge is 2.06. The first-order valence-electron chi connectivity index (χ1n) is 3.55. The predicted molar refractivity (Wildman–Crippen MR) is 51.7 cm³/mol. The van der Waals surface area contributed by atoms with Crippen molar-refractivity contribution in [2.45, 2.75) is 0 Å². The lowest BCUT2D eigenvalue weighted by Crippen LogP contribution is -1.86. The van der Waals surface area contributed by atoms with Crippen LogP contribution in [-0.4, -0.2) is 20.2 Å². The highest BCUT2D eigenvalue weighted by Crippen LogP contribution is 2.23. The number of nitrogens with zero attached hydrogens (tertiary/aromatic N) is 3. The Bertz CT molecular complexity index is 424. The summed E-state index contributed by atoms with van der Waals surface area (Å²) in [6.45, 7) is 0. The van der Waals surface area contributed by atoms with Crippen LogP contribution in [0, 0.1) is 0 Å². The predicted octanol–water partition coefficient (Wildman–Crippen LogP) is 1.21. The molecule has 0 aliphatic heterocycles. The molecule has 0 unspecified atom stereocenters. The molecule has 0 spiro atoms. The maximum Gasteiger partial charge on any atom is 0.239 e. The molecule has 0 radical (unpaired) electrons. The maximum absolute atomic E-state index is 5.38. The number of nitrogens with one attached hydrogen (secondary N) is 1. The minimum atomic E-state index is 0.235. The Hall–Kier alpha value is -1.43. The van der Waals surface area contributed by atoms with E-state index in [4.69, 9.17) is 5.73 Å². The number of pyridine rings is 1. The Kier molecular flexibility index (Phi) is 1.97. The van der Waals surface area contributed by atoms with Gasteiger partial charge in [0.05, 0.1) is 0 Å². The average Bonchev–Trinajstić information content (AvgIpc) is 2.53. The summed E-state index contributed by atoms with van der Waals surface area (Å²) < 4.78 is 0.853. The Balaban J connectivity index is 2.52. The van der Waals surface area contributed by atoms with E-state index in [2.05, 4.69) is 36.1 Å². The van der Waals surface area contributed by atoms with Gasteiger partial charge in [0.1, 0.15) is 0 Å². The fourth-order valence-corrected chi connectivity index (χ4v) is 1.40. The van der Waals surface area contributed by atoms with Crippen LogP contribution >= 0.6 is 15.9 Å². The third kappa shape index (κ3) is 1.52. The van der Waals surface area contributed by atoms with Gasteiger partial charge in [0.2, 0.25) is 5.95 Å². The summed E-state index contributed by atoms with van der Waals surface area (Å²) in [7, 11) is 0. The first-order chi connectivity index (χ1) is 6.27. The van der Waals surface area contributed by atoms with Gasteiger partial charge in [-0.1, -0.05) is 0 Å². The first kappa shape index (κ1) is 8.18. The van der Waals surface area contributed by atoms with Gasteiger partial charge < -0.3 is 5.73 Å². The number of hydrogen-bond donors (Lipinski definition) is 2. The molecule has 5 nitrogen and oxygen atoms in total. The van der Waals surface area contributed by atoms with E-state index in [9.17, 15) is 0 Å². The van der Waals surface area contributed by atoms with Crippen molar-refractivity contribution in [1.82, 2.24) is 20.2 Å². The van der Waals surface area contributed by atoms with Crippen molar-refractivity contribution in [3.05, 3.63) is 22.9 Å². The Labute approximate surface area is 82.5 Å². The third-order valence-electron chi connectivity index (χ3n) is 1.53. The number of halogens is 1. The monoisotopic (exact) mass is 239 g/mol. The van der Waals surface area contributed by atoms with Crippen molar-refractivity contribution in [3.63, 3.8) is 0 Å². The molecule has 0 bridgehead atoms. The smallest absolute Gasteiger partial charge is 0.239 e. The molecule has 0 saturated heterocycles. The van der Waals surface area contributed by atoms with Crippen molar-refractivity contribution < 1.29 is 0 Å². The molecular formula is C7H6BrN5. The largest absolute Gasteiger partial charge is 0.366 e. The van der Waals surface area contributed by atoms with Gasteiger partial charge in [-0.3, -0.25) is 10.1 Å². The molecule has 0 aliphatic rings. The highest BCUT2D eigenvalue weighted by atomic mass is 79.9. The summed E-state index contributed by atoms with van der Waals surface area (Å²) in [5, 5.41) is 6.45. The van der Waals surface area contributed by atoms with E-state index < -0.39 is 0 Å². The zero-order chi connectivity index (χ0) is 9.26. The SMILES string of the molecule is Nc1n[nH]c(-c2ccncc2Br)n1. The molecule has 0 aromatic carbocycles. The third-order valence-corrected chi connectivity index (χ3v) is 2.16. The number of anilines is 1. The molecular weight excluding hydrogens is 234 g/mol. The fraction of sp³-hybridized carbons (Fsp3) is 0. The van der Waals surface area contributed by atoms with Crippen LogP contribution in [0.2, 0.25) is 0 Å². The van der Waals surface area contributed by atoms with Crippen LogP contribution in [-0.2, 0) is 0 Å². The van der Waals surface area contributed by atoms with E-state index in [-0.39, 0.29) is 5.95 Å². The molecule has 0 aliphatic carbocycles. The van der Waals surface area contributed by atoms with E-state index in [1.54, 1.807) is 12.4 Å². The Morgan fingerprint density at radius 2 is 2.31 bits per heavy atom. The Morgan fingerprint density at radius 1 is 1.46 bits per heavy atom. The van der Waals surface area contributed by atoms with Crippen LogP contribution in [0.3, 0.4) is 0 Å². The van der Waals surface area contributed by atoms with Gasteiger partial charge in [-0.05, 0) is 22.0 Å². The number of aromatic amines is 1. The minimum absolute atomic E-state index is 0.235. The van der Waals surface area contributed by atoms with E-state index >= 15 is 0 Å². The molecule has 2 heterocycles. The second-order valence-electron chi connectivity index (χ2n) is 2.40. The molecule has 2 aromatic heterocycles. The summed E-state index contributed by atoms with van der Waals surface area (Å²) in [6.07, 6.45) is 3.37. The minimum Gasteiger partial charge on any atom is -0.366 e. The van der Waals surface area contributed by atoms with Gasteiger partial charge in [0.25, 0.3) is 0 Å². The van der Waals surface area contributed by atoms with Crippen molar-refractivity contribution in [1.29, 1.82) is 0 Å². The summed E-state index contributed by atoms with van der Waals surface area (Å²) in [5.74, 6) is 0.866. The Morgan fingerprint density at radius 3 is 2.92 bits per heavy atom. The molecule has 2 rings (SSSR count). The number of H-pyrrole nitrogens is 1. The number of nitrogen functional groups attached to an aromatic ring is 1. The second-order valence-corrected chi connectivity index (χ2v) is 3.25. The first-order valence-corrected chi connectivity index (χ1v) is 4.34. The molecule has 13 heavy (non-hydrogen) atoms. The van der Waals surface area contributed by atoms with Gasteiger partial charge in [-0.25, -0.2) is 0 Å². The van der Waals surface area contributed by atoms with E-state index in [0.29, 0.717) is 5.82 Å². The lowest BCUT2D eigenvalue weighted by molar-refractivity contribution is 1.10. The molecule has 6 heteroatoms. The standard InChI is InChI=1S/C7H6BrN5/c8-5-3-10-2-1-4(5)6-11-7(9)13-12-6/h1-3H,(H3,9,11,12,13). The number of aromatic nitrogens is 4. The molecule has 0 saturated carbocycles. The molecule has 2 aromatic rings. The summed E-state index contributed by atoms with van der Waals surface area (Å²) >= 11 is 3.35. The van der Waals surface area contributed by atoms with E-state index in [0.717, 1.165) is 10.0 Å².